The third-order valence-electron chi connectivity index (χ3n) is 9.39. The van der Waals surface area contributed by atoms with E-state index in [2.05, 4.69) is 122 Å². The lowest BCUT2D eigenvalue weighted by Gasteiger charge is -2.10. The van der Waals surface area contributed by atoms with Crippen LogP contribution in [0.5, 0.6) is 11.5 Å². The molecule has 59 heavy (non-hydrogen) atoms. The van der Waals surface area contributed by atoms with Crippen LogP contribution in [0.4, 0.5) is 0 Å². The Kier molecular flexibility index (Phi) is 42.2. The van der Waals surface area contributed by atoms with Crippen LogP contribution in [0.1, 0.15) is 148 Å². The molecular weight excluding hydrogens is 733 g/mol. The van der Waals surface area contributed by atoms with Gasteiger partial charge in [-0.25, -0.2) is 0 Å². The molecule has 7 nitrogen and oxygen atoms in total. The molecule has 0 bridgehead atoms. The molecule has 0 spiro atoms. The normalized spacial score (nSPS) is 12.8. The van der Waals surface area contributed by atoms with Crippen LogP contribution in [0.15, 0.2) is 115 Å². The summed E-state index contributed by atoms with van der Waals surface area (Å²) in [5.74, 6) is -0.263. The van der Waals surface area contributed by atoms with Crippen molar-refractivity contribution >= 4 is 5.97 Å². The molecule has 0 saturated heterocycles. The Morgan fingerprint density at radius 2 is 1.00 bits per heavy atom. The summed E-state index contributed by atoms with van der Waals surface area (Å²) < 4.78 is 5.15. The lowest BCUT2D eigenvalue weighted by atomic mass is 10.1. The molecule has 0 heterocycles. The molecule has 1 atom stereocenters. The Morgan fingerprint density at radius 1 is 0.593 bits per heavy atom. The summed E-state index contributed by atoms with van der Waals surface area (Å²) in [6, 6.07) is 4.70. The van der Waals surface area contributed by atoms with Crippen molar-refractivity contribution in [2.45, 2.75) is 155 Å². The molecule has 0 radical (unpaired) electrons. The molecule has 7 heteroatoms. The van der Waals surface area contributed by atoms with Gasteiger partial charge in [0.1, 0.15) is 6.04 Å². The Bertz CT molecular complexity index is 1340. The largest absolute Gasteiger partial charge is 0.504 e. The zero-order chi connectivity index (χ0) is 43.1. The van der Waals surface area contributed by atoms with Crippen LogP contribution in [0.3, 0.4) is 0 Å². The van der Waals surface area contributed by atoms with Crippen LogP contribution in [0.25, 0.3) is 0 Å². The number of phenolic OH excluding ortho intramolecular Hbond substituents is 1. The molecule has 0 aliphatic heterocycles. The third kappa shape index (κ3) is 39.3. The quantitative estimate of drug-likeness (QED) is 0.0336. The van der Waals surface area contributed by atoms with Gasteiger partial charge in [-0.05, 0) is 146 Å². The van der Waals surface area contributed by atoms with Gasteiger partial charge in [0.15, 0.2) is 11.5 Å². The smallest absolute Gasteiger partial charge is 0.323 e. The van der Waals surface area contributed by atoms with Gasteiger partial charge in [-0.1, -0.05) is 143 Å². The fourth-order valence-corrected chi connectivity index (χ4v) is 5.76. The van der Waals surface area contributed by atoms with Gasteiger partial charge < -0.3 is 30.7 Å². The highest BCUT2D eigenvalue weighted by Crippen LogP contribution is 2.26. The molecule has 1 aromatic rings. The maximum Gasteiger partial charge on any atom is 0.323 e. The first-order chi connectivity index (χ1) is 29.0. The second kappa shape index (κ2) is 45.2. The first kappa shape index (κ1) is 55.1. The second-order valence-corrected chi connectivity index (χ2v) is 14.7. The molecule has 1 rings (SSSR count). The van der Waals surface area contributed by atoms with E-state index in [-0.39, 0.29) is 12.4 Å². The molecule has 0 fully saturated rings. The minimum Gasteiger partial charge on any atom is -0.504 e. The van der Waals surface area contributed by atoms with E-state index in [4.69, 9.17) is 14.9 Å². The second-order valence-electron chi connectivity index (χ2n) is 14.7. The highest BCUT2D eigenvalue weighted by Gasteiger charge is 2.13. The van der Waals surface area contributed by atoms with Crippen molar-refractivity contribution in [1.82, 2.24) is 10.6 Å². The average molecular weight is 817 g/mol. The Labute approximate surface area is 360 Å². The lowest BCUT2D eigenvalue weighted by molar-refractivity contribution is -0.140. The third-order valence-corrected chi connectivity index (χ3v) is 9.39. The number of hydrogen-bond acceptors (Lipinski definition) is 6. The van der Waals surface area contributed by atoms with Crippen molar-refractivity contribution in [3.63, 3.8) is 0 Å². The first-order valence-corrected chi connectivity index (χ1v) is 22.8. The minimum atomic E-state index is -1.00. The van der Waals surface area contributed by atoms with E-state index in [1.165, 1.54) is 69.8 Å². The van der Waals surface area contributed by atoms with Gasteiger partial charge in [-0.15, -0.1) is 0 Å². The summed E-state index contributed by atoms with van der Waals surface area (Å²) in [6.45, 7) is 6.71. The number of rotatable bonds is 37. The van der Waals surface area contributed by atoms with Crippen molar-refractivity contribution in [2.75, 3.05) is 33.4 Å². The number of nitrogens with one attached hydrogen (secondary N) is 2. The standard InChI is InChI=1S/C29H45NO2.C23H39NO3/c1-3-4-5-6-7-8-9-10-11-12-13-14-15-16-17-18-19-20-24-30-25-23-27-21-22-28(31)29(26-27)32-2;1-2-3-4-5-6-7-8-9-10-11-12-13-14-15-16-17-18-19-20-24-22(21-25)23(26)27/h7-8,10-11,13-14,16-17,21-22,26,30-31H,3-6,9,12,15,18-20,23-25H2,1-2H3;6-7,9-10,12-13,15-16,22,24-25H,2-5,8,11,14,17-21H2,1H3,(H,26,27)/t;22-/m.0/s1. The van der Waals surface area contributed by atoms with Crippen LogP contribution in [0.2, 0.25) is 0 Å². The van der Waals surface area contributed by atoms with Gasteiger partial charge in [0.05, 0.1) is 13.7 Å². The van der Waals surface area contributed by atoms with E-state index >= 15 is 0 Å². The molecule has 0 aliphatic carbocycles. The summed E-state index contributed by atoms with van der Waals surface area (Å²) in [4.78, 5) is 10.7. The number of aliphatic carboxylic acids is 1. The van der Waals surface area contributed by atoms with Crippen LogP contribution in [-0.2, 0) is 11.2 Å². The first-order valence-electron chi connectivity index (χ1n) is 22.8. The van der Waals surface area contributed by atoms with Gasteiger partial charge >= 0.3 is 5.97 Å². The van der Waals surface area contributed by atoms with Gasteiger partial charge in [0.2, 0.25) is 0 Å². The topological polar surface area (TPSA) is 111 Å². The van der Waals surface area contributed by atoms with Gasteiger partial charge in [-0.3, -0.25) is 4.79 Å². The molecule has 0 aliphatic rings. The molecule has 0 aromatic heterocycles. The van der Waals surface area contributed by atoms with E-state index in [1.807, 2.05) is 12.1 Å². The average Bonchev–Trinajstić information content (AvgIpc) is 3.24. The van der Waals surface area contributed by atoms with E-state index in [1.54, 1.807) is 13.2 Å². The van der Waals surface area contributed by atoms with E-state index in [0.29, 0.717) is 12.3 Å². The van der Waals surface area contributed by atoms with Crippen LogP contribution >= 0.6 is 0 Å². The predicted molar refractivity (Wildman–Crippen MR) is 255 cm³/mol. The SMILES string of the molecule is CCCCCC=CCC=CCC=CCC=CCCCCNCCc1ccc(O)c(OC)c1.CCCCCC=CCC=CCC=CCC=CCCCCN[C@@H](CO)C(=O)O. The Hall–Kier alpha value is -3.91. The summed E-state index contributed by atoms with van der Waals surface area (Å²) in [7, 11) is 1.58. The predicted octanol–water partition coefficient (Wildman–Crippen LogP) is 12.8. The lowest BCUT2D eigenvalue weighted by Crippen LogP contribution is -2.40. The number of carbonyl (C=O) groups is 1. The number of methoxy groups -OCH3 is 1. The fourth-order valence-electron chi connectivity index (χ4n) is 5.76. The number of carboxylic acid groups (broad SMARTS) is 1. The molecule has 5 N–H and O–H groups in total. The number of benzene rings is 1. The molecular formula is C52H84N2O5. The van der Waals surface area contributed by atoms with Crippen molar-refractivity contribution < 1.29 is 24.9 Å². The number of aliphatic hydroxyl groups is 1. The van der Waals surface area contributed by atoms with E-state index in [9.17, 15) is 9.90 Å². The number of hydrogen-bond donors (Lipinski definition) is 5. The molecule has 0 saturated carbocycles. The van der Waals surface area contributed by atoms with Crippen molar-refractivity contribution in [3.8, 4) is 11.5 Å². The number of carboxylic acids is 1. The highest BCUT2D eigenvalue weighted by atomic mass is 16.5. The molecule has 1 aromatic carbocycles. The summed E-state index contributed by atoms with van der Waals surface area (Å²) in [5, 5.41) is 33.6. The van der Waals surface area contributed by atoms with Gasteiger partial charge in [0, 0.05) is 0 Å². The summed E-state index contributed by atoms with van der Waals surface area (Å²) in [5.41, 5.74) is 1.17. The van der Waals surface area contributed by atoms with Crippen molar-refractivity contribution in [2.24, 2.45) is 0 Å². The van der Waals surface area contributed by atoms with Crippen LogP contribution in [-0.4, -0.2) is 60.7 Å². The van der Waals surface area contributed by atoms with Crippen molar-refractivity contribution in [1.29, 1.82) is 0 Å². The number of aromatic hydroxyl groups is 1. The maximum atomic E-state index is 10.7. The Balaban J connectivity index is 0.00000116. The fraction of sp³-hybridized carbons (Fsp3) is 0.558. The summed E-state index contributed by atoms with van der Waals surface area (Å²) >= 11 is 0. The monoisotopic (exact) mass is 817 g/mol. The molecule has 0 unspecified atom stereocenters. The van der Waals surface area contributed by atoms with Crippen molar-refractivity contribution in [3.05, 3.63) is 121 Å². The minimum absolute atomic E-state index is 0.195. The summed E-state index contributed by atoms with van der Waals surface area (Å²) in [6.07, 6.45) is 59.6. The zero-order valence-electron chi connectivity index (χ0n) is 37.4. The Morgan fingerprint density at radius 3 is 1.39 bits per heavy atom. The van der Waals surface area contributed by atoms with Crippen LogP contribution in [0, 0.1) is 0 Å². The highest BCUT2D eigenvalue weighted by molar-refractivity contribution is 5.73. The zero-order valence-corrected chi connectivity index (χ0v) is 37.4. The van der Waals surface area contributed by atoms with Gasteiger partial charge in [0.25, 0.3) is 0 Å². The number of ether oxygens (including phenoxy) is 1. The number of unbranched alkanes of at least 4 members (excludes halogenated alkanes) is 10. The number of phenols is 1. The maximum absolute atomic E-state index is 10.7. The number of allylic oxidation sites excluding steroid dienone is 16. The molecule has 0 amide bonds. The van der Waals surface area contributed by atoms with Gasteiger partial charge in [-0.2, -0.15) is 0 Å². The van der Waals surface area contributed by atoms with Crippen LogP contribution < -0.4 is 15.4 Å². The molecule has 332 valence electrons. The number of aliphatic hydroxyl groups excluding tert-OH is 1. The van der Waals surface area contributed by atoms with E-state index in [0.717, 1.165) is 83.7 Å². The van der Waals surface area contributed by atoms with E-state index < -0.39 is 12.0 Å².